The first-order valence-electron chi connectivity index (χ1n) is 8.87. The highest BCUT2D eigenvalue weighted by atomic mass is 127. The Morgan fingerprint density at radius 3 is 2.62 bits per heavy atom. The molecule has 26 heavy (non-hydrogen) atoms. The van der Waals surface area contributed by atoms with Crippen molar-refractivity contribution in [1.29, 1.82) is 0 Å². The van der Waals surface area contributed by atoms with E-state index in [2.05, 4.69) is 27.0 Å². The van der Waals surface area contributed by atoms with E-state index in [-0.39, 0.29) is 42.0 Å². The van der Waals surface area contributed by atoms with E-state index in [9.17, 15) is 9.90 Å². The Balaban J connectivity index is 0.00000338. The topological polar surface area (TPSA) is 85.8 Å². The first kappa shape index (κ1) is 22.7. The van der Waals surface area contributed by atoms with Gasteiger partial charge in [-0.1, -0.05) is 24.3 Å². The molecule has 0 bridgehead atoms. The molecule has 7 heteroatoms. The largest absolute Gasteiger partial charge is 0.383 e. The van der Waals surface area contributed by atoms with Crippen LogP contribution in [0.5, 0.6) is 0 Å². The third-order valence-electron chi connectivity index (χ3n) is 4.11. The molecule has 0 aromatic heterocycles. The zero-order valence-corrected chi connectivity index (χ0v) is 18.4. The van der Waals surface area contributed by atoms with Gasteiger partial charge in [0.05, 0.1) is 6.54 Å². The summed E-state index contributed by atoms with van der Waals surface area (Å²) in [6, 6.07) is 7.98. The molecule has 1 aromatic rings. The predicted molar refractivity (Wildman–Crippen MR) is 116 cm³/mol. The second-order valence-corrected chi connectivity index (χ2v) is 7.54. The van der Waals surface area contributed by atoms with Crippen LogP contribution in [0.4, 0.5) is 0 Å². The summed E-state index contributed by atoms with van der Waals surface area (Å²) in [5, 5.41) is 20.1. The van der Waals surface area contributed by atoms with Crippen LogP contribution < -0.4 is 16.0 Å². The van der Waals surface area contributed by atoms with Gasteiger partial charge in [0.25, 0.3) is 0 Å². The Hall–Kier alpha value is -1.35. The minimum atomic E-state index is -0.902. The van der Waals surface area contributed by atoms with E-state index in [1.807, 2.05) is 45.9 Å². The quantitative estimate of drug-likeness (QED) is 0.299. The van der Waals surface area contributed by atoms with E-state index >= 15 is 0 Å². The summed E-state index contributed by atoms with van der Waals surface area (Å²) in [4.78, 5) is 16.2. The normalized spacial score (nSPS) is 19.3. The maximum Gasteiger partial charge on any atom is 0.242 e. The molecule has 0 heterocycles. The molecule has 0 fully saturated rings. The summed E-state index contributed by atoms with van der Waals surface area (Å²) >= 11 is 0. The number of nitrogens with zero attached hydrogens (tertiary/aromatic N) is 1. The lowest BCUT2D eigenvalue weighted by molar-refractivity contribution is -0.121. The molecule has 146 valence electrons. The number of aliphatic hydroxyl groups is 1. The maximum atomic E-state index is 11.9. The minimum Gasteiger partial charge on any atom is -0.383 e. The van der Waals surface area contributed by atoms with Crippen molar-refractivity contribution in [3.63, 3.8) is 0 Å². The molecule has 1 amide bonds. The van der Waals surface area contributed by atoms with Gasteiger partial charge in [0.1, 0.15) is 12.1 Å². The van der Waals surface area contributed by atoms with E-state index in [1.54, 1.807) is 0 Å². The average Bonchev–Trinajstić information content (AvgIpc) is 2.87. The molecule has 1 atom stereocenters. The van der Waals surface area contributed by atoms with Crippen LogP contribution in [0.2, 0.25) is 0 Å². The monoisotopic (exact) mass is 474 g/mol. The second-order valence-electron chi connectivity index (χ2n) is 7.54. The molecule has 4 N–H and O–H groups in total. The van der Waals surface area contributed by atoms with Crippen molar-refractivity contribution in [2.45, 2.75) is 51.7 Å². The van der Waals surface area contributed by atoms with Gasteiger partial charge in [0.15, 0.2) is 5.96 Å². The highest BCUT2D eigenvalue weighted by Gasteiger charge is 2.36. The van der Waals surface area contributed by atoms with Crippen molar-refractivity contribution in [3.05, 3.63) is 35.4 Å². The van der Waals surface area contributed by atoms with Crippen LogP contribution in [0.15, 0.2) is 29.3 Å². The first-order chi connectivity index (χ1) is 11.7. The fraction of sp³-hybridized carbons (Fsp3) is 0.579. The molecule has 0 saturated heterocycles. The summed E-state index contributed by atoms with van der Waals surface area (Å²) in [5.41, 5.74) is 0.990. The summed E-state index contributed by atoms with van der Waals surface area (Å²) in [7, 11) is 0. The van der Waals surface area contributed by atoms with Crippen LogP contribution in [-0.2, 0) is 16.8 Å². The van der Waals surface area contributed by atoms with Crippen LogP contribution >= 0.6 is 24.0 Å². The standard InChI is InChI=1S/C19H30N4O2.HI/c1-5-20-17(21-12-16(24)23-18(2,3)4)22-13-19(25)11-10-14-8-6-7-9-15(14)19;/h6-9,25H,5,10-13H2,1-4H3,(H,23,24)(H2,20,21,22);1H. The number of hydrogen-bond acceptors (Lipinski definition) is 3. The third-order valence-corrected chi connectivity index (χ3v) is 4.11. The molecule has 1 aliphatic rings. The fourth-order valence-electron chi connectivity index (χ4n) is 3.03. The smallest absolute Gasteiger partial charge is 0.242 e. The maximum absolute atomic E-state index is 11.9. The number of carbonyl (C=O) groups is 1. The summed E-state index contributed by atoms with van der Waals surface area (Å²) < 4.78 is 0. The Morgan fingerprint density at radius 1 is 1.27 bits per heavy atom. The van der Waals surface area contributed by atoms with Gasteiger partial charge in [-0.2, -0.15) is 0 Å². The number of hydrogen-bond donors (Lipinski definition) is 4. The molecule has 0 radical (unpaired) electrons. The average molecular weight is 474 g/mol. The van der Waals surface area contributed by atoms with Gasteiger partial charge in [-0.25, -0.2) is 4.99 Å². The molecular weight excluding hydrogens is 443 g/mol. The van der Waals surface area contributed by atoms with E-state index in [4.69, 9.17) is 0 Å². The number of aryl methyl sites for hydroxylation is 1. The number of guanidine groups is 1. The van der Waals surface area contributed by atoms with Gasteiger partial charge >= 0.3 is 0 Å². The molecule has 1 unspecified atom stereocenters. The number of halogens is 1. The van der Waals surface area contributed by atoms with Crippen molar-refractivity contribution in [1.82, 2.24) is 16.0 Å². The lowest BCUT2D eigenvalue weighted by Gasteiger charge is -2.25. The van der Waals surface area contributed by atoms with Gasteiger partial charge in [0, 0.05) is 12.1 Å². The van der Waals surface area contributed by atoms with Gasteiger partial charge in [-0.3, -0.25) is 4.79 Å². The molecular formula is C19H31IN4O2. The number of fused-ring (bicyclic) bond motifs is 1. The predicted octanol–water partition coefficient (Wildman–Crippen LogP) is 1.91. The van der Waals surface area contributed by atoms with Gasteiger partial charge < -0.3 is 21.1 Å². The minimum absolute atomic E-state index is 0. The third kappa shape index (κ3) is 6.42. The van der Waals surface area contributed by atoms with Crippen LogP contribution in [-0.4, -0.2) is 42.1 Å². The molecule has 1 aliphatic carbocycles. The van der Waals surface area contributed by atoms with Crippen LogP contribution in [0.25, 0.3) is 0 Å². The fourth-order valence-corrected chi connectivity index (χ4v) is 3.03. The lowest BCUT2D eigenvalue weighted by Crippen LogP contribution is -2.46. The van der Waals surface area contributed by atoms with Crippen molar-refractivity contribution in [2.75, 3.05) is 19.6 Å². The second kappa shape index (κ2) is 9.55. The van der Waals surface area contributed by atoms with Crippen LogP contribution in [0, 0.1) is 0 Å². The van der Waals surface area contributed by atoms with Gasteiger partial charge in [-0.05, 0) is 51.7 Å². The van der Waals surface area contributed by atoms with Gasteiger partial charge in [0.2, 0.25) is 5.91 Å². The SMILES string of the molecule is CCNC(=NCC(=O)NC(C)(C)C)NCC1(O)CCc2ccccc21.I. The van der Waals surface area contributed by atoms with Crippen LogP contribution in [0.1, 0.15) is 45.2 Å². The van der Waals surface area contributed by atoms with Crippen molar-refractivity contribution in [2.24, 2.45) is 4.99 Å². The number of rotatable bonds is 5. The van der Waals surface area contributed by atoms with Crippen molar-refractivity contribution in [3.8, 4) is 0 Å². The zero-order valence-electron chi connectivity index (χ0n) is 16.1. The van der Waals surface area contributed by atoms with E-state index < -0.39 is 5.60 Å². The van der Waals surface area contributed by atoms with Crippen molar-refractivity contribution >= 4 is 35.8 Å². The van der Waals surface area contributed by atoms with E-state index in [0.717, 1.165) is 12.0 Å². The van der Waals surface area contributed by atoms with Crippen molar-refractivity contribution < 1.29 is 9.90 Å². The number of carbonyl (C=O) groups excluding carboxylic acids is 1. The zero-order chi connectivity index (χ0) is 18.5. The lowest BCUT2D eigenvalue weighted by atomic mass is 9.96. The number of aliphatic imine (C=N–C) groups is 1. The van der Waals surface area contributed by atoms with Gasteiger partial charge in [-0.15, -0.1) is 24.0 Å². The molecule has 2 rings (SSSR count). The molecule has 0 spiro atoms. The number of amides is 1. The van der Waals surface area contributed by atoms with E-state index in [0.29, 0.717) is 25.5 Å². The molecule has 1 aromatic carbocycles. The van der Waals surface area contributed by atoms with Crippen LogP contribution in [0.3, 0.4) is 0 Å². The molecule has 0 aliphatic heterocycles. The summed E-state index contributed by atoms with van der Waals surface area (Å²) in [6.07, 6.45) is 1.55. The summed E-state index contributed by atoms with van der Waals surface area (Å²) in [6.45, 7) is 8.85. The number of benzene rings is 1. The van der Waals surface area contributed by atoms with E-state index in [1.165, 1.54) is 5.56 Å². The Labute approximate surface area is 173 Å². The Morgan fingerprint density at radius 2 is 1.96 bits per heavy atom. The Kier molecular flexibility index (Phi) is 8.33. The highest BCUT2D eigenvalue weighted by molar-refractivity contribution is 14.0. The Bertz CT molecular complexity index is 643. The molecule has 6 nitrogen and oxygen atoms in total. The summed E-state index contributed by atoms with van der Waals surface area (Å²) in [5.74, 6) is 0.402. The molecule has 0 saturated carbocycles. The first-order valence-corrected chi connectivity index (χ1v) is 8.87. The number of nitrogens with one attached hydrogen (secondary N) is 3. The highest BCUT2D eigenvalue weighted by Crippen LogP contribution is 2.36.